The van der Waals surface area contributed by atoms with E-state index in [-0.39, 0.29) is 5.70 Å². The normalized spacial score (nSPS) is 20.0. The summed E-state index contributed by atoms with van der Waals surface area (Å²) in [5.74, 6) is -0.216. The summed E-state index contributed by atoms with van der Waals surface area (Å²) in [4.78, 5) is 24.0. The van der Waals surface area contributed by atoms with Crippen molar-refractivity contribution < 1.29 is 23.8 Å². The zero-order chi connectivity index (χ0) is 17.9. The number of rotatable bonds is 5. The van der Waals surface area contributed by atoms with Gasteiger partial charge in [0.15, 0.2) is 11.5 Å². The third-order valence-electron chi connectivity index (χ3n) is 3.64. The summed E-state index contributed by atoms with van der Waals surface area (Å²) in [6, 6.07) is 2.36. The van der Waals surface area contributed by atoms with Gasteiger partial charge in [-0.05, 0) is 24.6 Å². The minimum Gasteiger partial charge on any atom is -0.493 e. The van der Waals surface area contributed by atoms with E-state index in [1.165, 1.54) is 14.2 Å². The Bertz CT molecular complexity index is 677. The van der Waals surface area contributed by atoms with Crippen molar-refractivity contribution in [1.29, 1.82) is 0 Å². The van der Waals surface area contributed by atoms with Gasteiger partial charge in [0.25, 0.3) is 0 Å². The van der Waals surface area contributed by atoms with Gasteiger partial charge < -0.3 is 24.8 Å². The molecule has 1 saturated heterocycles. The number of carbonyl (C=O) groups excluding carboxylic acids is 2. The molecule has 0 radical (unpaired) electrons. The van der Waals surface area contributed by atoms with Crippen molar-refractivity contribution in [3.05, 3.63) is 34.4 Å². The predicted molar refractivity (Wildman–Crippen MR) is 90.9 cm³/mol. The van der Waals surface area contributed by atoms with Gasteiger partial charge >= 0.3 is 12.0 Å². The Hall–Kier alpha value is -2.22. The van der Waals surface area contributed by atoms with Crippen LogP contribution in [-0.4, -0.2) is 32.8 Å². The summed E-state index contributed by atoms with van der Waals surface area (Å²) < 4.78 is 16.4. The quantitative estimate of drug-likeness (QED) is 0.744. The number of methoxy groups -OCH3 is 2. The lowest BCUT2D eigenvalue weighted by atomic mass is 9.89. The first kappa shape index (κ1) is 18.1. The van der Waals surface area contributed by atoms with E-state index in [1.807, 2.05) is 6.92 Å². The van der Waals surface area contributed by atoms with E-state index < -0.39 is 24.0 Å². The average molecular weight is 399 g/mol. The summed E-state index contributed by atoms with van der Waals surface area (Å²) >= 11 is 3.46. The molecule has 1 fully saturated rings. The van der Waals surface area contributed by atoms with Crippen molar-refractivity contribution in [2.24, 2.45) is 5.92 Å². The molecular formula is C16H19BrN2O5. The fraction of sp³-hybridized carbons (Fsp3) is 0.375. The van der Waals surface area contributed by atoms with Crippen molar-refractivity contribution >= 4 is 27.9 Å². The zero-order valence-electron chi connectivity index (χ0n) is 13.6. The number of hydrogen-bond acceptors (Lipinski definition) is 5. The molecule has 130 valence electrons. The summed E-state index contributed by atoms with van der Waals surface area (Å²) in [5, 5.41) is 5.25. The second kappa shape index (κ2) is 7.57. The van der Waals surface area contributed by atoms with Crippen molar-refractivity contribution in [1.82, 2.24) is 10.6 Å². The Morgan fingerprint density at radius 3 is 2.62 bits per heavy atom. The van der Waals surface area contributed by atoms with Crippen LogP contribution in [0.3, 0.4) is 0 Å². The highest BCUT2D eigenvalue weighted by atomic mass is 79.9. The van der Waals surface area contributed by atoms with Gasteiger partial charge in [-0.25, -0.2) is 4.79 Å². The van der Waals surface area contributed by atoms with Gasteiger partial charge in [0.2, 0.25) is 0 Å². The molecule has 0 aliphatic carbocycles. The summed E-state index contributed by atoms with van der Waals surface area (Å²) in [6.45, 7) is 6.07. The zero-order valence-corrected chi connectivity index (χ0v) is 15.2. The number of benzene rings is 1. The molecule has 2 amide bonds. The molecule has 2 N–H and O–H groups in total. The highest BCUT2D eigenvalue weighted by molar-refractivity contribution is 9.10. The first-order valence-electron chi connectivity index (χ1n) is 7.27. The molecule has 1 aromatic carbocycles. The van der Waals surface area contributed by atoms with Crippen molar-refractivity contribution in [2.45, 2.75) is 13.0 Å². The maximum absolute atomic E-state index is 12.2. The van der Waals surface area contributed by atoms with Gasteiger partial charge in [0.05, 0.1) is 26.9 Å². The molecule has 1 aliphatic rings. The van der Waals surface area contributed by atoms with Gasteiger partial charge in [-0.15, -0.1) is 0 Å². The lowest BCUT2D eigenvalue weighted by Gasteiger charge is -2.33. The fourth-order valence-electron chi connectivity index (χ4n) is 2.57. The summed E-state index contributed by atoms with van der Waals surface area (Å²) in [5.41, 5.74) is 0.932. The van der Waals surface area contributed by atoms with E-state index in [9.17, 15) is 9.59 Å². The standard InChI is InChI=1S/C16H19BrN2O5/c1-5-24-12-6-9(10(17)7-11(12)22-3)14-13(15(20)23-4)8(2)18-16(21)19-14/h6-7,13-14H,2,5H2,1,3-4H3,(H2,18,19,21)/t13-,14-/m0/s1. The van der Waals surface area contributed by atoms with Crippen molar-refractivity contribution in [2.75, 3.05) is 20.8 Å². The largest absolute Gasteiger partial charge is 0.493 e. The molecule has 0 spiro atoms. The van der Waals surface area contributed by atoms with E-state index in [2.05, 4.69) is 33.1 Å². The van der Waals surface area contributed by atoms with Crippen LogP contribution in [0.1, 0.15) is 18.5 Å². The Kier molecular flexibility index (Phi) is 5.71. The molecule has 0 aromatic heterocycles. The number of nitrogens with one attached hydrogen (secondary N) is 2. The predicted octanol–water partition coefficient (Wildman–Crippen LogP) is 2.51. The Morgan fingerprint density at radius 2 is 2.04 bits per heavy atom. The third-order valence-corrected chi connectivity index (χ3v) is 4.33. The lowest BCUT2D eigenvalue weighted by molar-refractivity contribution is -0.145. The fourth-order valence-corrected chi connectivity index (χ4v) is 3.13. The minimum absolute atomic E-state index is 0.274. The molecule has 2 rings (SSSR count). The van der Waals surface area contributed by atoms with Crippen LogP contribution in [-0.2, 0) is 9.53 Å². The SMILES string of the molecule is C=C1NC(=O)N[C@@H](c2cc(OCC)c(OC)cc2Br)[C@H]1C(=O)OC. The molecule has 0 unspecified atom stereocenters. The van der Waals surface area contributed by atoms with Gasteiger partial charge in [0.1, 0.15) is 5.92 Å². The van der Waals surface area contributed by atoms with Crippen LogP contribution in [0.2, 0.25) is 0 Å². The lowest BCUT2D eigenvalue weighted by Crippen LogP contribution is -2.51. The van der Waals surface area contributed by atoms with Crippen LogP contribution in [0, 0.1) is 5.92 Å². The summed E-state index contributed by atoms with van der Waals surface area (Å²) in [6.07, 6.45) is 0. The van der Waals surface area contributed by atoms with Gasteiger partial charge in [-0.2, -0.15) is 0 Å². The Labute approximate surface area is 148 Å². The van der Waals surface area contributed by atoms with E-state index in [1.54, 1.807) is 12.1 Å². The molecule has 2 atom stereocenters. The second-order valence-electron chi connectivity index (χ2n) is 5.06. The Balaban J connectivity index is 2.53. The minimum atomic E-state index is -0.771. The number of hydrogen-bond donors (Lipinski definition) is 2. The molecule has 24 heavy (non-hydrogen) atoms. The topological polar surface area (TPSA) is 85.9 Å². The maximum atomic E-state index is 12.2. The van der Waals surface area contributed by atoms with Crippen molar-refractivity contribution in [3.8, 4) is 11.5 Å². The number of ether oxygens (including phenoxy) is 3. The van der Waals surface area contributed by atoms with E-state index >= 15 is 0 Å². The van der Waals surface area contributed by atoms with Crippen LogP contribution in [0.15, 0.2) is 28.9 Å². The number of amides is 2. The van der Waals surface area contributed by atoms with Crippen LogP contribution < -0.4 is 20.1 Å². The number of urea groups is 1. The van der Waals surface area contributed by atoms with Crippen LogP contribution in [0.5, 0.6) is 11.5 Å². The number of esters is 1. The van der Waals surface area contributed by atoms with Gasteiger partial charge in [0, 0.05) is 10.2 Å². The Morgan fingerprint density at radius 1 is 1.33 bits per heavy atom. The van der Waals surface area contributed by atoms with Gasteiger partial charge in [-0.3, -0.25) is 4.79 Å². The first-order valence-corrected chi connectivity index (χ1v) is 8.06. The molecule has 0 bridgehead atoms. The van der Waals surface area contributed by atoms with Crippen LogP contribution >= 0.6 is 15.9 Å². The summed E-state index contributed by atoms with van der Waals surface area (Å²) in [7, 11) is 2.83. The number of carbonyl (C=O) groups is 2. The van der Waals surface area contributed by atoms with Crippen LogP contribution in [0.25, 0.3) is 0 Å². The van der Waals surface area contributed by atoms with E-state index in [0.29, 0.717) is 28.1 Å². The molecule has 1 heterocycles. The first-order chi connectivity index (χ1) is 11.4. The van der Waals surface area contributed by atoms with E-state index in [0.717, 1.165) is 0 Å². The van der Waals surface area contributed by atoms with Crippen LogP contribution in [0.4, 0.5) is 4.79 Å². The molecule has 7 nitrogen and oxygen atoms in total. The smallest absolute Gasteiger partial charge is 0.319 e. The molecule has 8 heteroatoms. The maximum Gasteiger partial charge on any atom is 0.319 e. The monoisotopic (exact) mass is 398 g/mol. The molecule has 1 aliphatic heterocycles. The highest BCUT2D eigenvalue weighted by Gasteiger charge is 2.39. The number of halogens is 1. The highest BCUT2D eigenvalue weighted by Crippen LogP contribution is 2.40. The second-order valence-corrected chi connectivity index (χ2v) is 5.91. The molecule has 1 aromatic rings. The van der Waals surface area contributed by atoms with Gasteiger partial charge in [-0.1, -0.05) is 22.5 Å². The third kappa shape index (κ3) is 3.48. The molecular weight excluding hydrogens is 380 g/mol. The molecule has 0 saturated carbocycles. The average Bonchev–Trinajstić information content (AvgIpc) is 2.54. The van der Waals surface area contributed by atoms with E-state index in [4.69, 9.17) is 14.2 Å². The van der Waals surface area contributed by atoms with Crippen molar-refractivity contribution in [3.63, 3.8) is 0 Å².